The summed E-state index contributed by atoms with van der Waals surface area (Å²) in [6, 6.07) is 21.0. The van der Waals surface area contributed by atoms with E-state index in [9.17, 15) is 4.79 Å². The fourth-order valence-electron chi connectivity index (χ4n) is 3.45. The summed E-state index contributed by atoms with van der Waals surface area (Å²) in [5.41, 5.74) is 4.20. The lowest BCUT2D eigenvalue weighted by Crippen LogP contribution is -2.14. The van der Waals surface area contributed by atoms with Crippen LogP contribution in [0.15, 0.2) is 71.9 Å². The number of nitrogens with zero attached hydrogens (tertiary/aromatic N) is 1. The average Bonchev–Trinajstić information content (AvgIpc) is 3.07. The highest BCUT2D eigenvalue weighted by atomic mass is 32.2. The maximum atomic E-state index is 13.0. The minimum absolute atomic E-state index is 0.157. The predicted molar refractivity (Wildman–Crippen MR) is 122 cm³/mol. The summed E-state index contributed by atoms with van der Waals surface area (Å²) in [5.74, 6) is 1.84. The first-order valence-corrected chi connectivity index (χ1v) is 11.1. The number of carbonyl (C=O) groups excluding carboxylic acids is 1. The number of ether oxygens (including phenoxy) is 2. The topological polar surface area (TPSA) is 76.2 Å². The van der Waals surface area contributed by atoms with Crippen LogP contribution in [0.2, 0.25) is 0 Å². The summed E-state index contributed by atoms with van der Waals surface area (Å²) in [6.07, 6.45) is 0.840. The van der Waals surface area contributed by atoms with Gasteiger partial charge < -0.3 is 19.8 Å². The molecule has 4 aromatic rings. The molecule has 7 heteroatoms. The van der Waals surface area contributed by atoms with Gasteiger partial charge in [-0.2, -0.15) is 0 Å². The van der Waals surface area contributed by atoms with E-state index in [1.54, 1.807) is 11.8 Å². The molecule has 0 radical (unpaired) electrons. The Morgan fingerprint density at radius 2 is 1.81 bits per heavy atom. The number of amides is 1. The third-order valence-electron chi connectivity index (χ3n) is 5.00. The Morgan fingerprint density at radius 1 is 1.00 bits per heavy atom. The Hall–Kier alpha value is -3.45. The van der Waals surface area contributed by atoms with Crippen molar-refractivity contribution in [2.24, 2.45) is 0 Å². The van der Waals surface area contributed by atoms with Gasteiger partial charge in [0.15, 0.2) is 16.7 Å². The highest BCUT2D eigenvalue weighted by Crippen LogP contribution is 2.32. The quantitative estimate of drug-likeness (QED) is 0.421. The molecule has 2 heterocycles. The molecule has 0 aliphatic carbocycles. The Labute approximate surface area is 184 Å². The first-order chi connectivity index (χ1) is 15.3. The molecular formula is C24H21N3O3S. The third-order valence-corrected chi connectivity index (χ3v) is 5.92. The molecule has 0 atom stereocenters. The largest absolute Gasteiger partial charge is 0.490 e. The van der Waals surface area contributed by atoms with Crippen molar-refractivity contribution in [3.63, 3.8) is 0 Å². The predicted octanol–water partition coefficient (Wildman–Crippen LogP) is 5.27. The Kier molecular flexibility index (Phi) is 5.50. The van der Waals surface area contributed by atoms with Crippen LogP contribution in [0.25, 0.3) is 11.0 Å². The van der Waals surface area contributed by atoms with Crippen molar-refractivity contribution in [3.05, 3.63) is 77.9 Å². The van der Waals surface area contributed by atoms with Crippen LogP contribution < -0.4 is 14.8 Å². The fraction of sp³-hybridized carbons (Fsp3) is 0.167. The number of aromatic nitrogens is 2. The van der Waals surface area contributed by atoms with Crippen molar-refractivity contribution in [2.75, 3.05) is 18.5 Å². The molecule has 3 aromatic carbocycles. The first-order valence-electron chi connectivity index (χ1n) is 10.1. The molecule has 156 valence electrons. The van der Waals surface area contributed by atoms with Gasteiger partial charge in [0, 0.05) is 29.5 Å². The molecule has 0 saturated carbocycles. The van der Waals surface area contributed by atoms with E-state index in [2.05, 4.69) is 15.3 Å². The van der Waals surface area contributed by atoms with E-state index < -0.39 is 0 Å². The van der Waals surface area contributed by atoms with Gasteiger partial charge in [-0.3, -0.25) is 4.79 Å². The van der Waals surface area contributed by atoms with Gasteiger partial charge in [0.2, 0.25) is 0 Å². The van der Waals surface area contributed by atoms with E-state index in [1.807, 2.05) is 66.7 Å². The summed E-state index contributed by atoms with van der Waals surface area (Å²) in [4.78, 5) is 20.9. The van der Waals surface area contributed by atoms with Crippen molar-refractivity contribution in [1.82, 2.24) is 9.97 Å². The van der Waals surface area contributed by atoms with E-state index in [4.69, 9.17) is 9.47 Å². The Morgan fingerprint density at radius 3 is 2.71 bits per heavy atom. The number of thioether (sulfide) groups is 1. The van der Waals surface area contributed by atoms with Crippen LogP contribution in [0.3, 0.4) is 0 Å². The number of rotatable bonds is 5. The summed E-state index contributed by atoms with van der Waals surface area (Å²) >= 11 is 1.57. The minimum Gasteiger partial charge on any atom is -0.490 e. The highest BCUT2D eigenvalue weighted by molar-refractivity contribution is 7.98. The lowest BCUT2D eigenvalue weighted by Gasteiger charge is -2.12. The van der Waals surface area contributed by atoms with Gasteiger partial charge in [0.1, 0.15) is 0 Å². The zero-order valence-corrected chi connectivity index (χ0v) is 17.6. The molecular weight excluding hydrogens is 410 g/mol. The lowest BCUT2D eigenvalue weighted by atomic mass is 10.1. The van der Waals surface area contributed by atoms with Crippen molar-refractivity contribution < 1.29 is 14.3 Å². The number of hydrogen-bond donors (Lipinski definition) is 2. The van der Waals surface area contributed by atoms with Crippen LogP contribution in [0.4, 0.5) is 5.69 Å². The van der Waals surface area contributed by atoms with Crippen molar-refractivity contribution in [1.29, 1.82) is 0 Å². The molecule has 1 aliphatic rings. The van der Waals surface area contributed by atoms with Crippen LogP contribution in [-0.4, -0.2) is 29.1 Å². The molecule has 5 rings (SSSR count). The number of nitrogens with one attached hydrogen (secondary N) is 2. The molecule has 6 nitrogen and oxygen atoms in total. The number of hydrogen-bond acceptors (Lipinski definition) is 5. The van der Waals surface area contributed by atoms with Gasteiger partial charge in [-0.25, -0.2) is 4.98 Å². The van der Waals surface area contributed by atoms with Crippen LogP contribution in [0, 0.1) is 0 Å². The van der Waals surface area contributed by atoms with Crippen LogP contribution in [-0.2, 0) is 5.75 Å². The number of anilines is 1. The molecule has 1 aromatic heterocycles. The molecule has 0 saturated heterocycles. The molecule has 0 unspecified atom stereocenters. The zero-order valence-electron chi connectivity index (χ0n) is 16.8. The standard InChI is InChI=1S/C24H21N3O3S/c28-23(25-17-10-11-21-22(14-17)30-13-5-12-29-21)18-7-2-1-6-16(18)15-31-24-26-19-8-3-4-9-20(19)27-24/h1-4,6-11,14H,5,12-13,15H2,(H,25,28)(H,26,27). The van der Waals surface area contributed by atoms with E-state index in [-0.39, 0.29) is 5.91 Å². The van der Waals surface area contributed by atoms with Gasteiger partial charge in [-0.1, -0.05) is 42.1 Å². The lowest BCUT2D eigenvalue weighted by molar-refractivity contribution is 0.102. The number of benzene rings is 3. The average molecular weight is 432 g/mol. The monoisotopic (exact) mass is 431 g/mol. The second kappa shape index (κ2) is 8.73. The fourth-order valence-corrected chi connectivity index (χ4v) is 4.34. The van der Waals surface area contributed by atoms with Crippen LogP contribution in [0.5, 0.6) is 11.5 Å². The van der Waals surface area contributed by atoms with Crippen molar-refractivity contribution >= 4 is 34.4 Å². The molecule has 31 heavy (non-hydrogen) atoms. The number of aromatic amines is 1. The van der Waals surface area contributed by atoms with Crippen molar-refractivity contribution in [2.45, 2.75) is 17.3 Å². The number of fused-ring (bicyclic) bond motifs is 2. The van der Waals surface area contributed by atoms with Crippen LogP contribution >= 0.6 is 11.8 Å². The molecule has 0 fully saturated rings. The molecule has 1 amide bonds. The van der Waals surface area contributed by atoms with E-state index in [1.165, 1.54) is 0 Å². The maximum absolute atomic E-state index is 13.0. The normalized spacial score (nSPS) is 13.0. The van der Waals surface area contributed by atoms with E-state index >= 15 is 0 Å². The second-order valence-corrected chi connectivity index (χ2v) is 8.14. The maximum Gasteiger partial charge on any atom is 0.255 e. The highest BCUT2D eigenvalue weighted by Gasteiger charge is 2.15. The number of carbonyl (C=O) groups is 1. The van der Waals surface area contributed by atoms with Gasteiger partial charge in [-0.15, -0.1) is 0 Å². The van der Waals surface area contributed by atoms with Crippen LogP contribution in [0.1, 0.15) is 22.3 Å². The number of H-pyrrole nitrogens is 1. The SMILES string of the molecule is O=C(Nc1ccc2c(c1)OCCCO2)c1ccccc1CSc1nc2ccccc2[nH]1. The summed E-state index contributed by atoms with van der Waals surface area (Å²) in [7, 11) is 0. The van der Waals surface area contributed by atoms with Gasteiger partial charge in [0.05, 0.1) is 24.2 Å². The molecule has 1 aliphatic heterocycles. The minimum atomic E-state index is -0.157. The third kappa shape index (κ3) is 4.36. The summed E-state index contributed by atoms with van der Waals surface area (Å²) < 4.78 is 11.4. The van der Waals surface area contributed by atoms with E-state index in [0.717, 1.165) is 28.2 Å². The molecule has 2 N–H and O–H groups in total. The second-order valence-electron chi connectivity index (χ2n) is 7.17. The van der Waals surface area contributed by atoms with Gasteiger partial charge in [-0.05, 0) is 35.9 Å². The van der Waals surface area contributed by atoms with E-state index in [0.29, 0.717) is 41.7 Å². The van der Waals surface area contributed by atoms with Crippen molar-refractivity contribution in [3.8, 4) is 11.5 Å². The first kappa shape index (κ1) is 19.5. The smallest absolute Gasteiger partial charge is 0.255 e. The zero-order chi connectivity index (χ0) is 21.0. The molecule has 0 bridgehead atoms. The Bertz CT molecular complexity index is 1200. The van der Waals surface area contributed by atoms with Gasteiger partial charge in [0.25, 0.3) is 5.91 Å². The summed E-state index contributed by atoms with van der Waals surface area (Å²) in [5, 5.41) is 3.81. The number of imidazole rings is 1. The number of para-hydroxylation sites is 2. The Balaban J connectivity index is 1.31. The molecule has 0 spiro atoms. The summed E-state index contributed by atoms with van der Waals surface area (Å²) in [6.45, 7) is 1.24. The van der Waals surface area contributed by atoms with Gasteiger partial charge >= 0.3 is 0 Å².